The fourth-order valence-electron chi connectivity index (χ4n) is 2.03. The Labute approximate surface area is 137 Å². The lowest BCUT2D eigenvalue weighted by Gasteiger charge is -2.05. The maximum atomic E-state index is 11.8. The van der Waals surface area contributed by atoms with Crippen LogP contribution in [0.25, 0.3) is 11.7 Å². The number of nitrogens with one attached hydrogen (secondary N) is 2. The molecule has 124 valence electrons. The molecule has 0 atom stereocenters. The van der Waals surface area contributed by atoms with Gasteiger partial charge < -0.3 is 18.9 Å². The zero-order valence-electron chi connectivity index (χ0n) is 13.0. The predicted molar refractivity (Wildman–Crippen MR) is 85.7 cm³/mol. The molecular formula is C16H16N4O4. The van der Waals surface area contributed by atoms with Crippen LogP contribution in [-0.4, -0.2) is 29.9 Å². The second kappa shape index (κ2) is 7.32. The third-order valence-electron chi connectivity index (χ3n) is 3.24. The van der Waals surface area contributed by atoms with Gasteiger partial charge in [0.05, 0.1) is 13.4 Å². The van der Waals surface area contributed by atoms with Crippen LogP contribution < -0.4 is 15.4 Å². The maximum Gasteiger partial charge on any atom is 0.324 e. The topological polar surface area (TPSA) is 102 Å². The van der Waals surface area contributed by atoms with Gasteiger partial charge in [0.15, 0.2) is 5.76 Å². The Balaban J connectivity index is 1.45. The third kappa shape index (κ3) is 3.92. The molecule has 0 aliphatic heterocycles. The predicted octanol–water partition coefficient (Wildman–Crippen LogP) is 2.70. The summed E-state index contributed by atoms with van der Waals surface area (Å²) in [5, 5.41) is 12.7. The van der Waals surface area contributed by atoms with Crippen molar-refractivity contribution in [2.45, 2.75) is 6.42 Å². The van der Waals surface area contributed by atoms with Crippen LogP contribution in [0.3, 0.4) is 0 Å². The van der Waals surface area contributed by atoms with Crippen LogP contribution in [0.2, 0.25) is 0 Å². The zero-order chi connectivity index (χ0) is 16.8. The van der Waals surface area contributed by atoms with E-state index < -0.39 is 6.03 Å². The molecule has 1 aromatic carbocycles. The van der Waals surface area contributed by atoms with Crippen molar-refractivity contribution in [1.82, 2.24) is 15.5 Å². The highest BCUT2D eigenvalue weighted by atomic mass is 16.5. The van der Waals surface area contributed by atoms with Gasteiger partial charge in [-0.05, 0) is 36.2 Å². The fourth-order valence-corrected chi connectivity index (χ4v) is 2.03. The molecule has 8 nitrogen and oxygen atoms in total. The lowest BCUT2D eigenvalue weighted by Crippen LogP contribution is -2.30. The fraction of sp³-hybridized carbons (Fsp3) is 0.188. The van der Waals surface area contributed by atoms with Gasteiger partial charge in [-0.1, -0.05) is 17.2 Å². The molecule has 0 saturated heterocycles. The molecular weight excluding hydrogens is 312 g/mol. The Hall–Kier alpha value is -3.29. The molecule has 0 unspecified atom stereocenters. The second-order valence-electron chi connectivity index (χ2n) is 4.87. The van der Waals surface area contributed by atoms with Gasteiger partial charge in [0.2, 0.25) is 0 Å². The van der Waals surface area contributed by atoms with E-state index >= 15 is 0 Å². The number of nitrogens with zero attached hydrogens (tertiary/aromatic N) is 2. The van der Waals surface area contributed by atoms with Gasteiger partial charge in [-0.25, -0.2) is 4.79 Å². The van der Waals surface area contributed by atoms with Crippen molar-refractivity contribution in [2.24, 2.45) is 0 Å². The van der Waals surface area contributed by atoms with Crippen molar-refractivity contribution in [3.8, 4) is 17.4 Å². The number of ether oxygens (including phenoxy) is 1. The average Bonchev–Trinajstić information content (AvgIpc) is 3.27. The van der Waals surface area contributed by atoms with Crippen molar-refractivity contribution in [3.05, 3.63) is 48.2 Å². The third-order valence-corrected chi connectivity index (χ3v) is 3.24. The molecule has 2 N–H and O–H groups in total. The summed E-state index contributed by atoms with van der Waals surface area (Å²) in [4.78, 5) is 11.8. The normalized spacial score (nSPS) is 10.4. The van der Waals surface area contributed by atoms with Crippen LogP contribution >= 0.6 is 0 Å². The maximum absolute atomic E-state index is 11.8. The molecule has 2 aromatic heterocycles. The van der Waals surface area contributed by atoms with E-state index in [4.69, 9.17) is 13.6 Å². The number of rotatable bonds is 6. The van der Waals surface area contributed by atoms with Crippen LogP contribution in [0.5, 0.6) is 5.75 Å². The van der Waals surface area contributed by atoms with Gasteiger partial charge in [0.1, 0.15) is 5.75 Å². The minimum absolute atomic E-state index is 0.00310. The number of hydrogen-bond acceptors (Lipinski definition) is 6. The Morgan fingerprint density at radius 2 is 2.04 bits per heavy atom. The van der Waals surface area contributed by atoms with Crippen LogP contribution in [0, 0.1) is 0 Å². The first-order valence-electron chi connectivity index (χ1n) is 7.30. The highest BCUT2D eigenvalue weighted by molar-refractivity contribution is 5.86. The summed E-state index contributed by atoms with van der Waals surface area (Å²) in [5.74, 6) is 1.44. The monoisotopic (exact) mass is 328 g/mol. The van der Waals surface area contributed by atoms with Gasteiger partial charge in [-0.15, -0.1) is 5.10 Å². The van der Waals surface area contributed by atoms with Crippen LogP contribution in [0.4, 0.5) is 10.8 Å². The van der Waals surface area contributed by atoms with E-state index in [-0.39, 0.29) is 11.9 Å². The van der Waals surface area contributed by atoms with Gasteiger partial charge in [0, 0.05) is 6.54 Å². The van der Waals surface area contributed by atoms with Crippen molar-refractivity contribution >= 4 is 12.0 Å². The second-order valence-corrected chi connectivity index (χ2v) is 4.87. The number of carbonyl (C=O) groups is 1. The highest BCUT2D eigenvalue weighted by Crippen LogP contribution is 2.19. The molecule has 0 aliphatic rings. The number of benzene rings is 1. The van der Waals surface area contributed by atoms with E-state index in [1.165, 1.54) is 6.26 Å². The van der Waals surface area contributed by atoms with E-state index in [0.717, 1.165) is 11.3 Å². The van der Waals surface area contributed by atoms with E-state index in [9.17, 15) is 4.79 Å². The van der Waals surface area contributed by atoms with E-state index in [1.54, 1.807) is 19.2 Å². The van der Waals surface area contributed by atoms with E-state index in [0.29, 0.717) is 18.7 Å². The summed E-state index contributed by atoms with van der Waals surface area (Å²) in [5.41, 5.74) is 1.09. The first kappa shape index (κ1) is 15.6. The number of carbonyl (C=O) groups excluding carboxylic acids is 1. The van der Waals surface area contributed by atoms with Gasteiger partial charge in [-0.3, -0.25) is 5.32 Å². The van der Waals surface area contributed by atoms with Crippen molar-refractivity contribution in [1.29, 1.82) is 0 Å². The van der Waals surface area contributed by atoms with Gasteiger partial charge in [-0.2, -0.15) is 0 Å². The number of anilines is 1. The quantitative estimate of drug-likeness (QED) is 0.721. The van der Waals surface area contributed by atoms with Gasteiger partial charge in [0.25, 0.3) is 5.89 Å². The summed E-state index contributed by atoms with van der Waals surface area (Å²) >= 11 is 0. The summed E-state index contributed by atoms with van der Waals surface area (Å²) in [7, 11) is 1.62. The van der Waals surface area contributed by atoms with Crippen molar-refractivity contribution < 1.29 is 18.4 Å². The van der Waals surface area contributed by atoms with E-state index in [2.05, 4.69) is 20.8 Å². The molecule has 3 aromatic rings. The molecule has 2 amide bonds. The SMILES string of the molecule is COc1ccc(CCNC(=O)Nc2nnc(-c3ccco3)o2)cc1. The lowest BCUT2D eigenvalue weighted by molar-refractivity contribution is 0.251. The minimum atomic E-state index is -0.418. The van der Waals surface area contributed by atoms with Crippen molar-refractivity contribution in [3.63, 3.8) is 0 Å². The number of methoxy groups -OCH3 is 1. The zero-order valence-corrected chi connectivity index (χ0v) is 13.0. The summed E-state index contributed by atoms with van der Waals surface area (Å²) < 4.78 is 15.5. The Morgan fingerprint density at radius 3 is 2.75 bits per heavy atom. The van der Waals surface area contributed by atoms with Gasteiger partial charge >= 0.3 is 12.0 Å². The van der Waals surface area contributed by atoms with Crippen LogP contribution in [0.1, 0.15) is 5.56 Å². The molecule has 8 heteroatoms. The molecule has 0 spiro atoms. The largest absolute Gasteiger partial charge is 0.497 e. The van der Waals surface area contributed by atoms with Crippen LogP contribution in [-0.2, 0) is 6.42 Å². The molecule has 0 radical (unpaired) electrons. The number of furan rings is 1. The Kier molecular flexibility index (Phi) is 4.76. The summed E-state index contributed by atoms with van der Waals surface area (Å²) in [6, 6.07) is 10.6. The average molecular weight is 328 g/mol. The van der Waals surface area contributed by atoms with Crippen LogP contribution in [0.15, 0.2) is 51.5 Å². The summed E-state index contributed by atoms with van der Waals surface area (Å²) in [6.07, 6.45) is 2.19. The number of urea groups is 1. The Morgan fingerprint density at radius 1 is 1.21 bits per heavy atom. The number of amides is 2. The standard InChI is InChI=1S/C16H16N4O4/c1-22-12-6-4-11(5-7-12)8-9-17-15(21)18-16-20-19-14(24-16)13-3-2-10-23-13/h2-7,10H,8-9H2,1H3,(H2,17,18,20,21). The Bertz CT molecular complexity index is 781. The lowest BCUT2D eigenvalue weighted by atomic mass is 10.1. The molecule has 0 fully saturated rings. The number of hydrogen-bond donors (Lipinski definition) is 2. The first-order valence-corrected chi connectivity index (χ1v) is 7.30. The molecule has 0 aliphatic carbocycles. The smallest absolute Gasteiger partial charge is 0.324 e. The molecule has 2 heterocycles. The highest BCUT2D eigenvalue weighted by Gasteiger charge is 2.12. The molecule has 3 rings (SSSR count). The summed E-state index contributed by atoms with van der Waals surface area (Å²) in [6.45, 7) is 0.470. The minimum Gasteiger partial charge on any atom is -0.497 e. The van der Waals surface area contributed by atoms with Crippen molar-refractivity contribution in [2.75, 3.05) is 19.0 Å². The molecule has 0 bridgehead atoms. The van der Waals surface area contributed by atoms with E-state index in [1.807, 2.05) is 24.3 Å². The first-order chi connectivity index (χ1) is 11.7. The molecule has 24 heavy (non-hydrogen) atoms. The molecule has 0 saturated carbocycles. The number of aromatic nitrogens is 2.